The molecular weight excluding hydrogens is 266 g/mol. The van der Waals surface area contributed by atoms with Crippen LogP contribution in [-0.4, -0.2) is 25.6 Å². The highest BCUT2D eigenvalue weighted by Gasteiger charge is 2.15. The number of H-pyrrole nitrogens is 1. The number of benzene rings is 1. The fourth-order valence-corrected chi connectivity index (χ4v) is 2.60. The molecule has 2 aromatic heterocycles. The predicted octanol–water partition coefficient (Wildman–Crippen LogP) is 1.53. The van der Waals surface area contributed by atoms with Gasteiger partial charge in [0.2, 0.25) is 0 Å². The zero-order valence-electron chi connectivity index (χ0n) is 9.66. The van der Waals surface area contributed by atoms with Crippen LogP contribution in [0.2, 0.25) is 0 Å². The number of carboxylic acid groups (broad SMARTS) is 1. The van der Waals surface area contributed by atoms with E-state index in [4.69, 9.17) is 0 Å². The summed E-state index contributed by atoms with van der Waals surface area (Å²) in [6, 6.07) is 4.78. The molecule has 0 bridgehead atoms. The van der Waals surface area contributed by atoms with Crippen molar-refractivity contribution in [3.63, 3.8) is 0 Å². The van der Waals surface area contributed by atoms with E-state index in [0.717, 1.165) is 4.88 Å². The van der Waals surface area contributed by atoms with Gasteiger partial charge in [-0.25, -0.2) is 9.59 Å². The lowest BCUT2D eigenvalue weighted by Crippen LogP contribution is -2.17. The highest BCUT2D eigenvalue weighted by molar-refractivity contribution is 7.09. The summed E-state index contributed by atoms with van der Waals surface area (Å²) in [7, 11) is 0. The van der Waals surface area contributed by atoms with E-state index in [1.54, 1.807) is 23.8 Å². The molecule has 0 saturated heterocycles. The molecule has 0 amide bonds. The van der Waals surface area contributed by atoms with E-state index in [-0.39, 0.29) is 11.3 Å². The zero-order chi connectivity index (χ0) is 13.4. The van der Waals surface area contributed by atoms with E-state index in [1.165, 1.54) is 22.0 Å². The smallest absolute Gasteiger partial charge is 0.337 e. The van der Waals surface area contributed by atoms with Crippen molar-refractivity contribution < 1.29 is 9.90 Å². The van der Waals surface area contributed by atoms with Gasteiger partial charge in [0.15, 0.2) is 0 Å². The number of rotatable bonds is 3. The number of nitrogens with zero attached hydrogens (tertiary/aromatic N) is 2. The van der Waals surface area contributed by atoms with E-state index >= 15 is 0 Å². The number of imidazole rings is 1. The highest BCUT2D eigenvalue weighted by Crippen LogP contribution is 2.18. The van der Waals surface area contributed by atoms with Gasteiger partial charge in [-0.3, -0.25) is 9.55 Å². The third-order valence-corrected chi connectivity index (χ3v) is 3.58. The Balaban J connectivity index is 2.25. The maximum atomic E-state index is 11.9. The molecule has 96 valence electrons. The third-order valence-electron chi connectivity index (χ3n) is 2.82. The molecule has 2 N–H and O–H groups in total. The molecule has 1 aromatic carbocycles. The van der Waals surface area contributed by atoms with Crippen LogP contribution in [0.5, 0.6) is 0 Å². The Morgan fingerprint density at radius 1 is 1.47 bits per heavy atom. The number of aromatic nitrogens is 3. The molecular formula is C12H9N3O3S. The molecule has 3 aromatic rings. The average molecular weight is 275 g/mol. The second-order valence-corrected chi connectivity index (χ2v) is 4.96. The van der Waals surface area contributed by atoms with Crippen molar-refractivity contribution in [1.82, 2.24) is 14.5 Å². The van der Waals surface area contributed by atoms with Gasteiger partial charge in [-0.1, -0.05) is 6.07 Å². The molecule has 0 spiro atoms. The van der Waals surface area contributed by atoms with Gasteiger partial charge in [0.25, 0.3) is 0 Å². The van der Waals surface area contributed by atoms with Crippen molar-refractivity contribution >= 4 is 28.3 Å². The van der Waals surface area contributed by atoms with Crippen LogP contribution >= 0.6 is 11.3 Å². The van der Waals surface area contributed by atoms with Gasteiger partial charge in [-0.2, -0.15) is 0 Å². The number of carbonyl (C=O) groups is 1. The van der Waals surface area contributed by atoms with Gasteiger partial charge in [-0.05, 0) is 12.1 Å². The molecule has 0 aliphatic heterocycles. The maximum absolute atomic E-state index is 11.9. The average Bonchev–Trinajstić information content (AvgIpc) is 2.98. The highest BCUT2D eigenvalue weighted by atomic mass is 32.1. The molecule has 0 radical (unpaired) electrons. The topological polar surface area (TPSA) is 88.0 Å². The Kier molecular flexibility index (Phi) is 2.68. The lowest BCUT2D eigenvalue weighted by Gasteiger charge is -2.03. The molecule has 3 rings (SSSR count). The number of hydrogen-bond acceptors (Lipinski definition) is 4. The van der Waals surface area contributed by atoms with Crippen LogP contribution in [0.25, 0.3) is 11.0 Å². The second-order valence-electron chi connectivity index (χ2n) is 3.99. The van der Waals surface area contributed by atoms with Crippen molar-refractivity contribution in [3.8, 4) is 0 Å². The summed E-state index contributed by atoms with van der Waals surface area (Å²) in [6.07, 6.45) is 1.67. The first-order chi connectivity index (χ1) is 9.16. The van der Waals surface area contributed by atoms with Crippen molar-refractivity contribution in [2.75, 3.05) is 0 Å². The quantitative estimate of drug-likeness (QED) is 0.758. The van der Waals surface area contributed by atoms with Crippen LogP contribution in [0.15, 0.2) is 34.7 Å². The number of thiazole rings is 1. The molecule has 6 nitrogen and oxygen atoms in total. The number of aromatic carboxylic acids is 1. The fraction of sp³-hybridized carbons (Fsp3) is 0.0833. The van der Waals surface area contributed by atoms with E-state index < -0.39 is 5.97 Å². The minimum absolute atomic E-state index is 0.111. The van der Waals surface area contributed by atoms with Crippen LogP contribution in [-0.2, 0) is 6.54 Å². The lowest BCUT2D eigenvalue weighted by molar-refractivity contribution is 0.0698. The van der Waals surface area contributed by atoms with Crippen molar-refractivity contribution in [2.45, 2.75) is 6.54 Å². The van der Waals surface area contributed by atoms with Crippen molar-refractivity contribution in [2.24, 2.45) is 0 Å². The van der Waals surface area contributed by atoms with Gasteiger partial charge in [0.1, 0.15) is 0 Å². The first-order valence-corrected chi connectivity index (χ1v) is 6.37. The molecule has 0 aliphatic rings. The minimum atomic E-state index is -1.05. The van der Waals surface area contributed by atoms with Crippen LogP contribution in [0.3, 0.4) is 0 Å². The van der Waals surface area contributed by atoms with Crippen LogP contribution < -0.4 is 5.69 Å². The Labute approximate surface area is 111 Å². The van der Waals surface area contributed by atoms with E-state index in [0.29, 0.717) is 17.6 Å². The van der Waals surface area contributed by atoms with Crippen molar-refractivity contribution in [1.29, 1.82) is 0 Å². The van der Waals surface area contributed by atoms with Gasteiger partial charge in [0.05, 0.1) is 28.7 Å². The Hall–Kier alpha value is -2.41. The molecule has 0 atom stereocenters. The molecule has 0 unspecified atom stereocenters. The largest absolute Gasteiger partial charge is 0.478 e. The summed E-state index contributed by atoms with van der Waals surface area (Å²) < 4.78 is 1.42. The van der Waals surface area contributed by atoms with Gasteiger partial charge < -0.3 is 10.1 Å². The lowest BCUT2D eigenvalue weighted by atomic mass is 10.2. The molecule has 0 fully saturated rings. The van der Waals surface area contributed by atoms with Crippen LogP contribution in [0.4, 0.5) is 0 Å². The summed E-state index contributed by atoms with van der Waals surface area (Å²) in [6.45, 7) is 0.313. The van der Waals surface area contributed by atoms with Gasteiger partial charge >= 0.3 is 11.7 Å². The van der Waals surface area contributed by atoms with E-state index in [1.807, 2.05) is 0 Å². The first kappa shape index (κ1) is 11.7. The fourth-order valence-electron chi connectivity index (χ4n) is 2.02. The molecule has 0 saturated carbocycles. The second kappa shape index (κ2) is 4.36. The van der Waals surface area contributed by atoms with Gasteiger partial charge in [-0.15, -0.1) is 11.3 Å². The zero-order valence-corrected chi connectivity index (χ0v) is 10.5. The summed E-state index contributed by atoms with van der Waals surface area (Å²) >= 11 is 1.42. The Bertz CT molecular complexity index is 801. The number of fused-ring (bicyclic) bond motifs is 1. The van der Waals surface area contributed by atoms with Crippen LogP contribution in [0, 0.1) is 0 Å². The molecule has 2 heterocycles. The maximum Gasteiger partial charge on any atom is 0.337 e. The number of para-hydroxylation sites is 1. The van der Waals surface area contributed by atoms with Crippen molar-refractivity contribution in [3.05, 3.63) is 50.8 Å². The normalized spacial score (nSPS) is 10.9. The monoisotopic (exact) mass is 275 g/mol. The third kappa shape index (κ3) is 1.93. The number of carboxylic acids is 1. The standard InChI is InChI=1S/C12H9N3O3S/c16-11(17)8-2-1-3-9-10(8)15(12(18)14-9)5-7-4-13-6-19-7/h1-4,6H,5H2,(H,14,18)(H,16,17). The molecule has 19 heavy (non-hydrogen) atoms. The van der Waals surface area contributed by atoms with Gasteiger partial charge in [0, 0.05) is 11.1 Å². The number of hydrogen-bond donors (Lipinski definition) is 2. The van der Waals surface area contributed by atoms with E-state index in [9.17, 15) is 14.7 Å². The summed E-state index contributed by atoms with van der Waals surface area (Å²) in [5, 5.41) is 9.20. The number of aromatic amines is 1. The molecule has 7 heteroatoms. The number of nitrogens with one attached hydrogen (secondary N) is 1. The van der Waals surface area contributed by atoms with E-state index in [2.05, 4.69) is 9.97 Å². The Morgan fingerprint density at radius 2 is 2.32 bits per heavy atom. The summed E-state index contributed by atoms with van der Waals surface area (Å²) in [5.74, 6) is -1.05. The first-order valence-electron chi connectivity index (χ1n) is 5.49. The minimum Gasteiger partial charge on any atom is -0.478 e. The summed E-state index contributed by atoms with van der Waals surface area (Å²) in [5.41, 5.74) is 2.40. The Morgan fingerprint density at radius 3 is 3.00 bits per heavy atom. The predicted molar refractivity (Wildman–Crippen MR) is 70.7 cm³/mol. The van der Waals surface area contributed by atoms with Crippen LogP contribution in [0.1, 0.15) is 15.2 Å². The summed E-state index contributed by atoms with van der Waals surface area (Å²) in [4.78, 5) is 30.7. The SMILES string of the molecule is O=C(O)c1cccc2[nH]c(=O)n(Cc3cncs3)c12. The molecule has 0 aliphatic carbocycles.